The molecule has 1 aromatic carbocycles. The van der Waals surface area contributed by atoms with Crippen molar-refractivity contribution in [1.29, 1.82) is 0 Å². The van der Waals surface area contributed by atoms with Crippen molar-refractivity contribution in [3.8, 4) is 0 Å². The van der Waals surface area contributed by atoms with E-state index in [4.69, 9.17) is 4.74 Å². The van der Waals surface area contributed by atoms with E-state index in [0.717, 1.165) is 25.2 Å². The van der Waals surface area contributed by atoms with Crippen LogP contribution in [0, 0.1) is 12.8 Å². The molecule has 1 aliphatic rings. The molecular weight excluding hydrogens is 470 g/mol. The minimum absolute atomic E-state index is 0. The number of rotatable bonds is 9. The number of carbonyl (C=O) groups excluding carboxylic acids is 1. The van der Waals surface area contributed by atoms with E-state index in [1.807, 2.05) is 23.9 Å². The Morgan fingerprint density at radius 1 is 1.35 bits per heavy atom. The van der Waals surface area contributed by atoms with Crippen LogP contribution in [0.2, 0.25) is 0 Å². The fraction of sp³-hybridized carbons (Fsp3) is 0.565. The number of aliphatic hydroxyl groups is 1. The number of alkyl halides is 2. The molecule has 1 fully saturated rings. The van der Waals surface area contributed by atoms with Crippen LogP contribution >= 0.6 is 0 Å². The average Bonchev–Trinajstić information content (AvgIpc) is 3.28. The van der Waals surface area contributed by atoms with Crippen LogP contribution in [0.3, 0.4) is 0 Å². The molecule has 2 atom stereocenters. The van der Waals surface area contributed by atoms with E-state index >= 15 is 0 Å². The maximum Gasteiger partial charge on any atom is 0.343 e. The number of esters is 1. The number of aromatic nitrogens is 2. The lowest BCUT2D eigenvalue weighted by molar-refractivity contribution is -0.702. The van der Waals surface area contributed by atoms with Crippen LogP contribution in [0.5, 0.6) is 0 Å². The van der Waals surface area contributed by atoms with E-state index in [1.54, 1.807) is 30.3 Å². The lowest BCUT2D eigenvalue weighted by Gasteiger charge is -2.32. The second kappa shape index (κ2) is 10.7. The van der Waals surface area contributed by atoms with Crippen LogP contribution in [0.25, 0.3) is 0 Å². The molecular formula is C23H31BrF2N2O3. The highest BCUT2D eigenvalue weighted by atomic mass is 79.9. The van der Waals surface area contributed by atoms with Gasteiger partial charge in [-0.1, -0.05) is 43.7 Å². The Hall–Kier alpha value is -1.80. The van der Waals surface area contributed by atoms with E-state index in [9.17, 15) is 18.7 Å². The number of nitrogens with zero attached hydrogens (tertiary/aromatic N) is 2. The number of benzene rings is 1. The summed E-state index contributed by atoms with van der Waals surface area (Å²) in [5.74, 6) is -3.57. The molecule has 0 aliphatic heterocycles. The molecule has 0 saturated heterocycles. The lowest BCUT2D eigenvalue weighted by atomic mass is 9.80. The summed E-state index contributed by atoms with van der Waals surface area (Å²) >= 11 is 0. The highest BCUT2D eigenvalue weighted by Gasteiger charge is 2.54. The minimum atomic E-state index is -2.87. The van der Waals surface area contributed by atoms with Gasteiger partial charge in [0, 0.05) is 25.7 Å². The van der Waals surface area contributed by atoms with Crippen LogP contribution in [0.1, 0.15) is 50.4 Å². The van der Waals surface area contributed by atoms with Gasteiger partial charge in [0.25, 0.3) is 5.82 Å². The smallest absolute Gasteiger partial charge is 0.343 e. The van der Waals surface area contributed by atoms with Gasteiger partial charge >= 0.3 is 5.97 Å². The van der Waals surface area contributed by atoms with Gasteiger partial charge < -0.3 is 26.8 Å². The molecule has 3 rings (SSSR count). The molecule has 0 spiro atoms. The van der Waals surface area contributed by atoms with Crippen LogP contribution in [0.4, 0.5) is 8.78 Å². The maximum absolute atomic E-state index is 13.8. The van der Waals surface area contributed by atoms with Crippen molar-refractivity contribution in [3.05, 3.63) is 54.1 Å². The zero-order chi connectivity index (χ0) is 21.8. The summed E-state index contributed by atoms with van der Waals surface area (Å²) < 4.78 is 37.2. The third kappa shape index (κ3) is 5.71. The fourth-order valence-corrected chi connectivity index (χ4v) is 4.21. The molecule has 0 radical (unpaired) electrons. The van der Waals surface area contributed by atoms with Crippen molar-refractivity contribution in [3.63, 3.8) is 0 Å². The first-order valence-corrected chi connectivity index (χ1v) is 10.7. The molecule has 1 N–H and O–H groups in total. The molecule has 31 heavy (non-hydrogen) atoms. The summed E-state index contributed by atoms with van der Waals surface area (Å²) in [4.78, 5) is 13.0. The molecule has 2 aromatic rings. The number of imidazole rings is 1. The predicted molar refractivity (Wildman–Crippen MR) is 108 cm³/mol. The summed E-state index contributed by atoms with van der Waals surface area (Å²) in [6, 6.07) is 8.29. The van der Waals surface area contributed by atoms with E-state index < -0.39 is 29.8 Å². The second-order valence-corrected chi connectivity index (χ2v) is 8.15. The lowest BCUT2D eigenvalue weighted by Crippen LogP contribution is -3.00. The first kappa shape index (κ1) is 25.5. The van der Waals surface area contributed by atoms with Gasteiger partial charge in [-0.25, -0.2) is 22.7 Å². The molecule has 1 saturated carbocycles. The van der Waals surface area contributed by atoms with Gasteiger partial charge in [-0.2, -0.15) is 0 Å². The molecule has 1 heterocycles. The Kier molecular flexibility index (Phi) is 8.77. The minimum Gasteiger partial charge on any atom is -1.00 e. The molecule has 172 valence electrons. The molecule has 1 aromatic heterocycles. The predicted octanol–water partition coefficient (Wildman–Crippen LogP) is 0.755. The van der Waals surface area contributed by atoms with Crippen molar-refractivity contribution < 1.29 is 45.0 Å². The molecule has 0 amide bonds. The van der Waals surface area contributed by atoms with Gasteiger partial charge in [0.05, 0.1) is 6.54 Å². The van der Waals surface area contributed by atoms with Crippen LogP contribution in [-0.2, 0) is 28.2 Å². The molecule has 0 bridgehead atoms. The third-order valence-electron chi connectivity index (χ3n) is 6.10. The molecule has 1 aliphatic carbocycles. The standard InChI is InChI=1S/C23H31F2N2O3.BrH/c1-3-4-12-26-13-14-27(18(26)2)15-16-30-21(28)23(29,19-8-6-5-7-9-19)20-10-11-22(24,25)17-20;/h5-9,13-14,20,29H,3-4,10-12,15-17H2,1-2H3;1H/q+1;/p-1. The van der Waals surface area contributed by atoms with Crippen molar-refractivity contribution in [2.45, 2.75) is 70.6 Å². The Morgan fingerprint density at radius 2 is 2.06 bits per heavy atom. The number of unbranched alkanes of at least 4 members (excludes halogenated alkanes) is 1. The van der Waals surface area contributed by atoms with Crippen LogP contribution < -0.4 is 21.5 Å². The molecule has 8 heteroatoms. The van der Waals surface area contributed by atoms with Crippen molar-refractivity contribution in [2.24, 2.45) is 5.92 Å². The van der Waals surface area contributed by atoms with Gasteiger partial charge in [-0.3, -0.25) is 0 Å². The topological polar surface area (TPSA) is 55.3 Å². The number of aryl methyl sites for hydroxylation is 1. The van der Waals surface area contributed by atoms with Crippen LogP contribution in [0.15, 0.2) is 42.7 Å². The van der Waals surface area contributed by atoms with E-state index in [2.05, 4.69) is 11.5 Å². The zero-order valence-corrected chi connectivity index (χ0v) is 19.7. The first-order valence-electron chi connectivity index (χ1n) is 10.7. The normalized spacial score (nSPS) is 19.5. The van der Waals surface area contributed by atoms with Gasteiger partial charge in [0.1, 0.15) is 25.5 Å². The van der Waals surface area contributed by atoms with Gasteiger partial charge in [0.2, 0.25) is 5.92 Å². The Bertz CT molecular complexity index is 860. The highest BCUT2D eigenvalue weighted by Crippen LogP contribution is 2.47. The van der Waals surface area contributed by atoms with E-state index in [0.29, 0.717) is 12.1 Å². The quantitative estimate of drug-likeness (QED) is 0.408. The second-order valence-electron chi connectivity index (χ2n) is 8.15. The number of ether oxygens (including phenoxy) is 1. The summed E-state index contributed by atoms with van der Waals surface area (Å²) in [5, 5.41) is 11.3. The largest absolute Gasteiger partial charge is 1.00 e. The Labute approximate surface area is 192 Å². The van der Waals surface area contributed by atoms with Crippen molar-refractivity contribution >= 4 is 5.97 Å². The summed E-state index contributed by atoms with van der Waals surface area (Å²) in [5.41, 5.74) is -1.78. The van der Waals surface area contributed by atoms with Crippen molar-refractivity contribution in [2.75, 3.05) is 6.61 Å². The van der Waals surface area contributed by atoms with Crippen molar-refractivity contribution in [1.82, 2.24) is 4.57 Å². The first-order chi connectivity index (χ1) is 14.3. The number of halogens is 3. The number of carbonyl (C=O) groups is 1. The summed E-state index contributed by atoms with van der Waals surface area (Å²) in [7, 11) is 0. The summed E-state index contributed by atoms with van der Waals surface area (Å²) in [6.45, 7) is 5.56. The molecule has 5 nitrogen and oxygen atoms in total. The van der Waals surface area contributed by atoms with Gasteiger partial charge in [-0.05, 0) is 18.4 Å². The third-order valence-corrected chi connectivity index (χ3v) is 6.10. The van der Waals surface area contributed by atoms with Crippen LogP contribution in [-0.4, -0.2) is 28.2 Å². The number of hydrogen-bond donors (Lipinski definition) is 1. The van der Waals surface area contributed by atoms with E-state index in [-0.39, 0.29) is 36.4 Å². The maximum atomic E-state index is 13.8. The summed E-state index contributed by atoms with van der Waals surface area (Å²) in [6.07, 6.45) is 5.32. The SMILES string of the molecule is CCCC[n+]1ccn(CCOC(=O)C(O)(c2ccccc2)C2CCC(F)(F)C2)c1C.[Br-]. The Morgan fingerprint density at radius 3 is 2.68 bits per heavy atom. The average molecular weight is 501 g/mol. The zero-order valence-electron chi connectivity index (χ0n) is 18.1. The fourth-order valence-electron chi connectivity index (χ4n) is 4.21. The van der Waals surface area contributed by atoms with Gasteiger partial charge in [-0.15, -0.1) is 0 Å². The monoisotopic (exact) mass is 500 g/mol. The Balaban J connectivity index is 0.00000341. The van der Waals surface area contributed by atoms with Gasteiger partial charge in [0.15, 0.2) is 5.60 Å². The number of hydrogen-bond acceptors (Lipinski definition) is 3. The highest BCUT2D eigenvalue weighted by molar-refractivity contribution is 5.81. The molecule has 2 unspecified atom stereocenters. The van der Waals surface area contributed by atoms with E-state index in [1.165, 1.54) is 0 Å².